The summed E-state index contributed by atoms with van der Waals surface area (Å²) in [7, 11) is 1.40. The quantitative estimate of drug-likeness (QED) is 0.749. The molecule has 0 fully saturated rings. The summed E-state index contributed by atoms with van der Waals surface area (Å²) in [4.78, 5) is 11.6. The Labute approximate surface area is 130 Å². The molecule has 0 aliphatic rings. The summed E-state index contributed by atoms with van der Waals surface area (Å²) >= 11 is 0. The summed E-state index contributed by atoms with van der Waals surface area (Å²) in [6.07, 6.45) is -0.510. The van der Waals surface area contributed by atoms with E-state index in [-0.39, 0.29) is 24.9 Å². The lowest BCUT2D eigenvalue weighted by atomic mass is 10.2. The van der Waals surface area contributed by atoms with Gasteiger partial charge >= 0.3 is 6.09 Å². The van der Waals surface area contributed by atoms with E-state index in [9.17, 15) is 9.18 Å². The standard InChI is InChI=1S/C15H24FN3O3/c1-15(2,3)22-14(20)18-9-11(8-17)19-10-5-6-12(16)13(7-10)21-4/h5-7,11,19H,8-9,17H2,1-4H3,(H,18,20). The van der Waals surface area contributed by atoms with Crippen LogP contribution in [0.25, 0.3) is 0 Å². The predicted octanol–water partition coefficient (Wildman–Crippen LogP) is 2.10. The predicted molar refractivity (Wildman–Crippen MR) is 83.7 cm³/mol. The molecule has 22 heavy (non-hydrogen) atoms. The van der Waals surface area contributed by atoms with Gasteiger partial charge < -0.3 is 25.8 Å². The molecule has 0 heterocycles. The Morgan fingerprint density at radius 3 is 2.64 bits per heavy atom. The van der Waals surface area contributed by atoms with Crippen molar-refractivity contribution in [3.63, 3.8) is 0 Å². The van der Waals surface area contributed by atoms with Crippen LogP contribution in [-0.4, -0.2) is 37.9 Å². The smallest absolute Gasteiger partial charge is 0.407 e. The number of amides is 1. The Hall–Kier alpha value is -2.02. The molecule has 1 amide bonds. The number of hydrogen-bond acceptors (Lipinski definition) is 5. The zero-order valence-electron chi connectivity index (χ0n) is 13.4. The van der Waals surface area contributed by atoms with Crippen LogP contribution in [0.3, 0.4) is 0 Å². The summed E-state index contributed by atoms with van der Waals surface area (Å²) in [5.41, 5.74) is 5.77. The minimum atomic E-state index is -0.556. The van der Waals surface area contributed by atoms with E-state index in [0.29, 0.717) is 5.69 Å². The fourth-order valence-corrected chi connectivity index (χ4v) is 1.70. The lowest BCUT2D eigenvalue weighted by Gasteiger charge is -2.22. The van der Waals surface area contributed by atoms with Crippen molar-refractivity contribution in [1.82, 2.24) is 5.32 Å². The third kappa shape index (κ3) is 6.17. The van der Waals surface area contributed by atoms with Crippen LogP contribution in [0.4, 0.5) is 14.9 Å². The van der Waals surface area contributed by atoms with Gasteiger partial charge in [0, 0.05) is 24.8 Å². The second kappa shape index (κ2) is 7.84. The number of nitrogens with two attached hydrogens (primary N) is 1. The van der Waals surface area contributed by atoms with Gasteiger partial charge in [0.15, 0.2) is 11.6 Å². The Morgan fingerprint density at radius 1 is 1.41 bits per heavy atom. The molecule has 0 radical (unpaired) electrons. The van der Waals surface area contributed by atoms with Crippen LogP contribution in [0.1, 0.15) is 20.8 Å². The molecule has 1 unspecified atom stereocenters. The van der Waals surface area contributed by atoms with Gasteiger partial charge in [0.05, 0.1) is 13.2 Å². The van der Waals surface area contributed by atoms with Crippen LogP contribution < -0.4 is 21.1 Å². The number of alkyl carbamates (subject to hydrolysis) is 1. The molecule has 1 atom stereocenters. The van der Waals surface area contributed by atoms with Crippen molar-refractivity contribution in [2.24, 2.45) is 5.73 Å². The average molecular weight is 313 g/mol. The first-order valence-electron chi connectivity index (χ1n) is 7.02. The van der Waals surface area contributed by atoms with Gasteiger partial charge in [-0.3, -0.25) is 0 Å². The number of ether oxygens (including phenoxy) is 2. The van der Waals surface area contributed by atoms with Crippen molar-refractivity contribution in [2.45, 2.75) is 32.4 Å². The number of rotatable bonds is 6. The topological polar surface area (TPSA) is 85.6 Å². The van der Waals surface area contributed by atoms with Gasteiger partial charge in [0.2, 0.25) is 0 Å². The van der Waals surface area contributed by atoms with E-state index in [2.05, 4.69) is 10.6 Å². The van der Waals surface area contributed by atoms with Gasteiger partial charge in [0.25, 0.3) is 0 Å². The van der Waals surface area contributed by atoms with E-state index in [1.165, 1.54) is 19.2 Å². The molecule has 1 aromatic rings. The van der Waals surface area contributed by atoms with Gasteiger partial charge in [-0.05, 0) is 32.9 Å². The Morgan fingerprint density at radius 2 is 2.09 bits per heavy atom. The number of anilines is 1. The van der Waals surface area contributed by atoms with Crippen molar-refractivity contribution < 1.29 is 18.7 Å². The molecule has 0 aliphatic carbocycles. The third-order valence-corrected chi connectivity index (χ3v) is 2.70. The Kier molecular flexibility index (Phi) is 6.42. The maximum Gasteiger partial charge on any atom is 0.407 e. The summed E-state index contributed by atoms with van der Waals surface area (Å²) in [5, 5.41) is 5.75. The minimum absolute atomic E-state index is 0.140. The lowest BCUT2D eigenvalue weighted by Crippen LogP contribution is -2.42. The second-order valence-electron chi connectivity index (χ2n) is 5.81. The first-order chi connectivity index (χ1) is 10.2. The van der Waals surface area contributed by atoms with Crippen LogP contribution in [-0.2, 0) is 4.74 Å². The van der Waals surface area contributed by atoms with Gasteiger partial charge in [-0.1, -0.05) is 0 Å². The molecule has 124 valence electrons. The van der Waals surface area contributed by atoms with Crippen molar-refractivity contribution >= 4 is 11.8 Å². The summed E-state index contributed by atoms with van der Waals surface area (Å²) < 4.78 is 23.4. The molecule has 0 spiro atoms. The normalized spacial score (nSPS) is 12.5. The van der Waals surface area contributed by atoms with Crippen LogP contribution in [0.5, 0.6) is 5.75 Å². The number of halogens is 1. The van der Waals surface area contributed by atoms with Gasteiger partial charge in [-0.25, -0.2) is 9.18 Å². The van der Waals surface area contributed by atoms with Crippen molar-refractivity contribution in [2.75, 3.05) is 25.5 Å². The van der Waals surface area contributed by atoms with Crippen LogP contribution in [0.2, 0.25) is 0 Å². The molecule has 0 aliphatic heterocycles. The SMILES string of the molecule is COc1cc(NC(CN)CNC(=O)OC(C)(C)C)ccc1F. The third-order valence-electron chi connectivity index (χ3n) is 2.70. The molecular formula is C15H24FN3O3. The number of nitrogens with one attached hydrogen (secondary N) is 2. The first-order valence-corrected chi connectivity index (χ1v) is 7.02. The highest BCUT2D eigenvalue weighted by Crippen LogP contribution is 2.21. The Balaban J connectivity index is 2.57. The highest BCUT2D eigenvalue weighted by atomic mass is 19.1. The van der Waals surface area contributed by atoms with Crippen LogP contribution in [0, 0.1) is 5.82 Å². The van der Waals surface area contributed by atoms with E-state index in [0.717, 1.165) is 0 Å². The lowest BCUT2D eigenvalue weighted by molar-refractivity contribution is 0.0526. The largest absolute Gasteiger partial charge is 0.494 e. The number of carbonyl (C=O) groups excluding carboxylic acids is 1. The number of methoxy groups -OCH3 is 1. The van der Waals surface area contributed by atoms with Gasteiger partial charge in [0.1, 0.15) is 5.60 Å². The van der Waals surface area contributed by atoms with Crippen LogP contribution in [0.15, 0.2) is 18.2 Å². The molecule has 1 rings (SSSR count). The molecule has 0 saturated carbocycles. The molecule has 4 N–H and O–H groups in total. The molecule has 0 bridgehead atoms. The van der Waals surface area contributed by atoms with Crippen LogP contribution >= 0.6 is 0 Å². The zero-order chi connectivity index (χ0) is 16.8. The van der Waals surface area contributed by atoms with E-state index in [4.69, 9.17) is 15.2 Å². The highest BCUT2D eigenvalue weighted by Gasteiger charge is 2.17. The van der Waals surface area contributed by atoms with Crippen molar-refractivity contribution in [1.29, 1.82) is 0 Å². The second-order valence-corrected chi connectivity index (χ2v) is 5.81. The van der Waals surface area contributed by atoms with Crippen molar-refractivity contribution in [3.8, 4) is 5.75 Å². The van der Waals surface area contributed by atoms with Crippen molar-refractivity contribution in [3.05, 3.63) is 24.0 Å². The van der Waals surface area contributed by atoms with E-state index in [1.54, 1.807) is 26.8 Å². The van der Waals surface area contributed by atoms with Gasteiger partial charge in [-0.15, -0.1) is 0 Å². The number of benzene rings is 1. The average Bonchev–Trinajstić information content (AvgIpc) is 2.43. The van der Waals surface area contributed by atoms with E-state index >= 15 is 0 Å². The fourth-order valence-electron chi connectivity index (χ4n) is 1.70. The summed E-state index contributed by atoms with van der Waals surface area (Å²) in [6.45, 7) is 5.93. The van der Waals surface area contributed by atoms with E-state index < -0.39 is 17.5 Å². The molecule has 0 saturated heterocycles. The number of hydrogen-bond donors (Lipinski definition) is 3. The maximum atomic E-state index is 13.3. The minimum Gasteiger partial charge on any atom is -0.494 e. The maximum absolute atomic E-state index is 13.3. The molecule has 6 nitrogen and oxygen atoms in total. The summed E-state index contributed by atoms with van der Waals surface area (Å²) in [5.74, 6) is -0.301. The molecule has 1 aromatic carbocycles. The molecule has 7 heteroatoms. The number of carbonyl (C=O) groups is 1. The zero-order valence-corrected chi connectivity index (χ0v) is 13.4. The van der Waals surface area contributed by atoms with Gasteiger partial charge in [-0.2, -0.15) is 0 Å². The highest BCUT2D eigenvalue weighted by molar-refractivity contribution is 5.67. The summed E-state index contributed by atoms with van der Waals surface area (Å²) in [6, 6.07) is 4.19. The fraction of sp³-hybridized carbons (Fsp3) is 0.533. The van der Waals surface area contributed by atoms with E-state index in [1.807, 2.05) is 0 Å². The first kappa shape index (κ1) is 18.0. The monoisotopic (exact) mass is 313 g/mol. The molecule has 0 aromatic heterocycles. The molecular weight excluding hydrogens is 289 g/mol. The Bertz CT molecular complexity index is 503.